The molecule has 0 aliphatic carbocycles. The highest BCUT2D eigenvalue weighted by molar-refractivity contribution is 5.68. The van der Waals surface area contributed by atoms with Crippen LogP contribution in [0.25, 0.3) is 0 Å². The van der Waals surface area contributed by atoms with Crippen molar-refractivity contribution < 1.29 is 9.90 Å². The fourth-order valence-electron chi connectivity index (χ4n) is 2.09. The van der Waals surface area contributed by atoms with Crippen molar-refractivity contribution in [3.8, 4) is 0 Å². The Morgan fingerprint density at radius 2 is 1.20 bits per heavy atom. The molecule has 0 saturated heterocycles. The Bertz CT molecular complexity index is 267. The van der Waals surface area contributed by atoms with Crippen LogP contribution in [-0.2, 0) is 4.79 Å². The summed E-state index contributed by atoms with van der Waals surface area (Å²) in [6, 6.07) is 0. The lowest BCUT2D eigenvalue weighted by molar-refractivity contribution is -0.136. The Morgan fingerprint density at radius 1 is 0.750 bits per heavy atom. The zero-order valence-corrected chi connectivity index (χ0v) is 13.2. The van der Waals surface area contributed by atoms with Crippen LogP contribution in [0, 0.1) is 0 Å². The molecule has 0 aromatic rings. The van der Waals surface area contributed by atoms with Crippen LogP contribution in [0.1, 0.15) is 84.0 Å². The SMILES string of the molecule is CCCCC=CCCCCCCCCC=CCC(=O)O. The molecule has 1 N–H and O–H groups in total. The van der Waals surface area contributed by atoms with E-state index in [0.29, 0.717) is 0 Å². The van der Waals surface area contributed by atoms with Crippen molar-refractivity contribution in [3.63, 3.8) is 0 Å². The number of rotatable bonds is 14. The van der Waals surface area contributed by atoms with Crippen molar-refractivity contribution in [2.24, 2.45) is 0 Å². The molecule has 116 valence electrons. The van der Waals surface area contributed by atoms with E-state index in [1.165, 1.54) is 64.2 Å². The van der Waals surface area contributed by atoms with Gasteiger partial charge in [-0.05, 0) is 32.1 Å². The summed E-state index contributed by atoms with van der Waals surface area (Å²) >= 11 is 0. The topological polar surface area (TPSA) is 37.3 Å². The van der Waals surface area contributed by atoms with Crippen LogP contribution in [0.5, 0.6) is 0 Å². The minimum Gasteiger partial charge on any atom is -0.481 e. The Morgan fingerprint density at radius 3 is 1.70 bits per heavy atom. The molecule has 20 heavy (non-hydrogen) atoms. The molecule has 0 amide bonds. The van der Waals surface area contributed by atoms with Gasteiger partial charge in [0.2, 0.25) is 0 Å². The molecule has 0 atom stereocenters. The highest BCUT2D eigenvalue weighted by atomic mass is 16.4. The molecule has 0 radical (unpaired) electrons. The smallest absolute Gasteiger partial charge is 0.307 e. The summed E-state index contributed by atoms with van der Waals surface area (Å²) < 4.78 is 0. The van der Waals surface area contributed by atoms with E-state index in [4.69, 9.17) is 5.11 Å². The van der Waals surface area contributed by atoms with Gasteiger partial charge in [0.1, 0.15) is 0 Å². The minimum atomic E-state index is -0.745. The number of hydrogen-bond donors (Lipinski definition) is 1. The average molecular weight is 280 g/mol. The van der Waals surface area contributed by atoms with E-state index in [1.807, 2.05) is 6.08 Å². The van der Waals surface area contributed by atoms with Gasteiger partial charge in [-0.3, -0.25) is 4.79 Å². The summed E-state index contributed by atoms with van der Waals surface area (Å²) in [6.07, 6.45) is 22.4. The van der Waals surface area contributed by atoms with Gasteiger partial charge >= 0.3 is 5.97 Å². The number of hydrogen-bond acceptors (Lipinski definition) is 1. The predicted octanol–water partition coefficient (Wildman–Crippen LogP) is 5.88. The third-order valence-corrected chi connectivity index (χ3v) is 3.34. The lowest BCUT2D eigenvalue weighted by Crippen LogP contribution is -1.89. The second kappa shape index (κ2) is 16.0. The Hall–Kier alpha value is -1.05. The molecule has 2 nitrogen and oxygen atoms in total. The number of aliphatic carboxylic acids is 1. The van der Waals surface area contributed by atoms with Gasteiger partial charge in [-0.25, -0.2) is 0 Å². The zero-order valence-electron chi connectivity index (χ0n) is 13.2. The fourth-order valence-corrected chi connectivity index (χ4v) is 2.09. The van der Waals surface area contributed by atoms with Crippen LogP contribution in [0.15, 0.2) is 24.3 Å². The van der Waals surface area contributed by atoms with Crippen molar-refractivity contribution in [2.45, 2.75) is 84.0 Å². The highest BCUT2D eigenvalue weighted by Gasteiger charge is 1.91. The molecule has 0 saturated carbocycles. The maximum atomic E-state index is 10.3. The number of carboxylic acid groups (broad SMARTS) is 1. The summed E-state index contributed by atoms with van der Waals surface area (Å²) in [5.74, 6) is -0.745. The summed E-state index contributed by atoms with van der Waals surface area (Å²) in [5, 5.41) is 8.46. The zero-order chi connectivity index (χ0) is 14.9. The predicted molar refractivity (Wildman–Crippen MR) is 87.0 cm³/mol. The normalized spacial score (nSPS) is 11.7. The van der Waals surface area contributed by atoms with E-state index >= 15 is 0 Å². The van der Waals surface area contributed by atoms with Crippen molar-refractivity contribution in [3.05, 3.63) is 24.3 Å². The summed E-state index contributed by atoms with van der Waals surface area (Å²) in [4.78, 5) is 10.3. The number of carboxylic acids is 1. The van der Waals surface area contributed by atoms with Crippen LogP contribution in [0.2, 0.25) is 0 Å². The Balaban J connectivity index is 3.11. The lowest BCUT2D eigenvalue weighted by atomic mass is 10.1. The molecule has 0 spiro atoms. The fraction of sp³-hybridized carbons (Fsp3) is 0.722. The van der Waals surface area contributed by atoms with Gasteiger partial charge < -0.3 is 5.11 Å². The first kappa shape index (κ1) is 18.9. The van der Waals surface area contributed by atoms with E-state index in [1.54, 1.807) is 6.08 Å². The van der Waals surface area contributed by atoms with E-state index in [0.717, 1.165) is 6.42 Å². The van der Waals surface area contributed by atoms with Crippen molar-refractivity contribution >= 4 is 5.97 Å². The van der Waals surface area contributed by atoms with E-state index in [-0.39, 0.29) is 6.42 Å². The Kier molecular flexibility index (Phi) is 15.2. The van der Waals surface area contributed by atoms with Gasteiger partial charge in [0.15, 0.2) is 0 Å². The largest absolute Gasteiger partial charge is 0.481 e. The Labute approximate surface area is 125 Å². The molecule has 0 heterocycles. The lowest BCUT2D eigenvalue weighted by Gasteiger charge is -1.99. The third kappa shape index (κ3) is 16.9. The summed E-state index contributed by atoms with van der Waals surface area (Å²) in [6.45, 7) is 2.23. The average Bonchev–Trinajstić information content (AvgIpc) is 2.43. The molecule has 0 aromatic heterocycles. The summed E-state index contributed by atoms with van der Waals surface area (Å²) in [7, 11) is 0. The first-order valence-electron chi connectivity index (χ1n) is 8.29. The number of carbonyl (C=O) groups is 1. The second-order valence-electron chi connectivity index (χ2n) is 5.38. The van der Waals surface area contributed by atoms with Gasteiger partial charge in [-0.1, -0.05) is 69.8 Å². The molecule has 0 aliphatic rings. The summed E-state index contributed by atoms with van der Waals surface area (Å²) in [5.41, 5.74) is 0. The molecule has 0 rings (SSSR count). The first-order chi connectivity index (χ1) is 9.77. The van der Waals surface area contributed by atoms with E-state index < -0.39 is 5.97 Å². The van der Waals surface area contributed by atoms with Gasteiger partial charge in [-0.15, -0.1) is 0 Å². The van der Waals surface area contributed by atoms with Crippen LogP contribution < -0.4 is 0 Å². The minimum absolute atomic E-state index is 0.159. The van der Waals surface area contributed by atoms with Crippen LogP contribution in [-0.4, -0.2) is 11.1 Å². The van der Waals surface area contributed by atoms with Crippen molar-refractivity contribution in [2.75, 3.05) is 0 Å². The molecule has 0 unspecified atom stereocenters. The van der Waals surface area contributed by atoms with Gasteiger partial charge in [0, 0.05) is 0 Å². The van der Waals surface area contributed by atoms with Crippen LogP contribution >= 0.6 is 0 Å². The van der Waals surface area contributed by atoms with Crippen LogP contribution in [0.3, 0.4) is 0 Å². The first-order valence-corrected chi connectivity index (χ1v) is 8.29. The molecular formula is C18H32O2. The standard InChI is InChI=1S/C18H32O2/c1-2-3-4-5-6-7-8-9-10-11-12-13-14-15-16-17-18(19)20/h5-6,15-16H,2-4,7-14,17H2,1H3,(H,19,20). The molecule has 0 bridgehead atoms. The quantitative estimate of drug-likeness (QED) is 0.318. The highest BCUT2D eigenvalue weighted by Crippen LogP contribution is 2.09. The molecule has 0 aliphatic heterocycles. The molecule has 0 fully saturated rings. The van der Waals surface area contributed by atoms with Crippen LogP contribution in [0.4, 0.5) is 0 Å². The number of allylic oxidation sites excluding steroid dienone is 3. The molecule has 0 aromatic carbocycles. The van der Waals surface area contributed by atoms with Crippen molar-refractivity contribution in [1.82, 2.24) is 0 Å². The van der Waals surface area contributed by atoms with Crippen molar-refractivity contribution in [1.29, 1.82) is 0 Å². The van der Waals surface area contributed by atoms with Gasteiger partial charge in [-0.2, -0.15) is 0 Å². The van der Waals surface area contributed by atoms with Gasteiger partial charge in [0.25, 0.3) is 0 Å². The van der Waals surface area contributed by atoms with Gasteiger partial charge in [0.05, 0.1) is 6.42 Å². The molecule has 2 heteroatoms. The second-order valence-corrected chi connectivity index (χ2v) is 5.38. The maximum absolute atomic E-state index is 10.3. The van der Waals surface area contributed by atoms with E-state index in [2.05, 4.69) is 19.1 Å². The third-order valence-electron chi connectivity index (χ3n) is 3.34. The molecular weight excluding hydrogens is 248 g/mol. The van der Waals surface area contributed by atoms with E-state index in [9.17, 15) is 4.79 Å². The maximum Gasteiger partial charge on any atom is 0.307 e. The number of unbranched alkanes of at least 4 members (excludes halogenated alkanes) is 9. The monoisotopic (exact) mass is 280 g/mol.